The molecular formula is C17H25NO5S. The van der Waals surface area contributed by atoms with Crippen LogP contribution >= 0.6 is 0 Å². The van der Waals surface area contributed by atoms with Crippen molar-refractivity contribution in [2.75, 3.05) is 19.8 Å². The summed E-state index contributed by atoms with van der Waals surface area (Å²) in [6.07, 6.45) is 2.87. The summed E-state index contributed by atoms with van der Waals surface area (Å²) < 4.78 is 34.3. The number of carbonyl (C=O) groups excluding carboxylic acids is 1. The molecule has 1 atom stereocenters. The molecule has 1 unspecified atom stereocenters. The van der Waals surface area contributed by atoms with E-state index in [9.17, 15) is 13.2 Å². The van der Waals surface area contributed by atoms with Crippen molar-refractivity contribution in [1.82, 2.24) is 4.90 Å². The second kappa shape index (κ2) is 8.48. The van der Waals surface area contributed by atoms with E-state index in [-0.39, 0.29) is 23.6 Å². The van der Waals surface area contributed by atoms with Crippen LogP contribution < -0.4 is 0 Å². The van der Waals surface area contributed by atoms with Crippen LogP contribution in [0.4, 0.5) is 4.79 Å². The summed E-state index contributed by atoms with van der Waals surface area (Å²) in [6, 6.07) is 6.68. The summed E-state index contributed by atoms with van der Waals surface area (Å²) in [6.45, 7) is 4.86. The monoisotopic (exact) mass is 355 g/mol. The third-order valence-corrected chi connectivity index (χ3v) is 5.44. The third kappa shape index (κ3) is 4.95. The van der Waals surface area contributed by atoms with E-state index in [1.54, 1.807) is 36.1 Å². The molecule has 1 saturated heterocycles. The number of hydrogen-bond donors (Lipinski definition) is 0. The number of amides is 1. The smallest absolute Gasteiger partial charge is 0.409 e. The van der Waals surface area contributed by atoms with E-state index in [1.807, 2.05) is 6.92 Å². The zero-order valence-corrected chi connectivity index (χ0v) is 15.0. The second-order valence-corrected chi connectivity index (χ2v) is 7.54. The fourth-order valence-electron chi connectivity index (χ4n) is 2.84. The van der Waals surface area contributed by atoms with Gasteiger partial charge in [0.05, 0.1) is 18.1 Å². The van der Waals surface area contributed by atoms with Gasteiger partial charge in [0.25, 0.3) is 10.1 Å². The maximum Gasteiger partial charge on any atom is 0.409 e. The number of likely N-dealkylation sites (tertiary alicyclic amines) is 1. The van der Waals surface area contributed by atoms with Crippen molar-refractivity contribution < 1.29 is 22.1 Å². The topological polar surface area (TPSA) is 72.9 Å². The molecule has 1 aromatic rings. The molecule has 1 amide bonds. The standard InChI is InChI=1S/C17H25NO5S/c1-3-22-17(19)18-12-4-6-15(18)7-5-13-23-24(20,21)16-10-8-14(2)9-11-16/h8-11,15H,3-7,12-13H2,1-2H3. The lowest BCUT2D eigenvalue weighted by Crippen LogP contribution is -2.36. The number of carbonyl (C=O) groups is 1. The molecule has 1 heterocycles. The van der Waals surface area contributed by atoms with Crippen molar-refractivity contribution in [3.63, 3.8) is 0 Å². The van der Waals surface area contributed by atoms with Gasteiger partial charge >= 0.3 is 6.09 Å². The molecule has 1 aliphatic heterocycles. The summed E-state index contributed by atoms with van der Waals surface area (Å²) in [7, 11) is -3.72. The molecule has 0 radical (unpaired) electrons. The molecular weight excluding hydrogens is 330 g/mol. The van der Waals surface area contributed by atoms with Crippen LogP contribution in [0.15, 0.2) is 29.2 Å². The van der Waals surface area contributed by atoms with Crippen LogP contribution in [0, 0.1) is 6.92 Å². The SMILES string of the molecule is CCOC(=O)N1CCCC1CCCOS(=O)(=O)c1ccc(C)cc1. The number of hydrogen-bond acceptors (Lipinski definition) is 5. The lowest BCUT2D eigenvalue weighted by molar-refractivity contribution is 0.100. The Morgan fingerprint density at radius 2 is 2.00 bits per heavy atom. The fraction of sp³-hybridized carbons (Fsp3) is 0.588. The Morgan fingerprint density at radius 1 is 1.29 bits per heavy atom. The minimum Gasteiger partial charge on any atom is -0.450 e. The first-order chi connectivity index (χ1) is 11.4. The van der Waals surface area contributed by atoms with Gasteiger partial charge in [-0.15, -0.1) is 0 Å². The molecule has 1 fully saturated rings. The summed E-state index contributed by atoms with van der Waals surface area (Å²) in [5, 5.41) is 0. The van der Waals surface area contributed by atoms with E-state index in [0.717, 1.165) is 18.4 Å². The van der Waals surface area contributed by atoms with E-state index in [1.165, 1.54) is 0 Å². The van der Waals surface area contributed by atoms with Gasteiger partial charge in [0.1, 0.15) is 0 Å². The van der Waals surface area contributed by atoms with E-state index >= 15 is 0 Å². The molecule has 0 bridgehead atoms. The summed E-state index contributed by atoms with van der Waals surface area (Å²) >= 11 is 0. The van der Waals surface area contributed by atoms with Crippen LogP contribution in [-0.4, -0.2) is 45.2 Å². The highest BCUT2D eigenvalue weighted by atomic mass is 32.2. The average molecular weight is 355 g/mol. The van der Waals surface area contributed by atoms with Crippen LogP contribution in [0.5, 0.6) is 0 Å². The van der Waals surface area contributed by atoms with Gasteiger partial charge in [-0.25, -0.2) is 4.79 Å². The normalized spacial score (nSPS) is 17.9. The first-order valence-electron chi connectivity index (χ1n) is 8.33. The highest BCUT2D eigenvalue weighted by Crippen LogP contribution is 2.22. The molecule has 2 rings (SSSR count). The lowest BCUT2D eigenvalue weighted by atomic mass is 10.1. The van der Waals surface area contributed by atoms with Crippen LogP contribution in [-0.2, 0) is 19.0 Å². The molecule has 0 spiro atoms. The minimum atomic E-state index is -3.72. The molecule has 24 heavy (non-hydrogen) atoms. The zero-order chi connectivity index (χ0) is 17.6. The van der Waals surface area contributed by atoms with Crippen molar-refractivity contribution in [2.24, 2.45) is 0 Å². The van der Waals surface area contributed by atoms with Crippen molar-refractivity contribution in [1.29, 1.82) is 0 Å². The minimum absolute atomic E-state index is 0.106. The Bertz CT molecular complexity index is 641. The first kappa shape index (κ1) is 18.7. The fourth-order valence-corrected chi connectivity index (χ4v) is 3.79. The third-order valence-electron chi connectivity index (χ3n) is 4.11. The molecule has 0 aliphatic carbocycles. The molecule has 6 nitrogen and oxygen atoms in total. The quantitative estimate of drug-likeness (QED) is 0.555. The predicted octanol–water partition coefficient (Wildman–Crippen LogP) is 3.10. The lowest BCUT2D eigenvalue weighted by Gasteiger charge is -2.23. The zero-order valence-electron chi connectivity index (χ0n) is 14.2. The van der Waals surface area contributed by atoms with E-state index in [2.05, 4.69) is 0 Å². The van der Waals surface area contributed by atoms with Crippen LogP contribution in [0.25, 0.3) is 0 Å². The Labute approximate surface area is 143 Å². The van der Waals surface area contributed by atoms with Crippen LogP contribution in [0.3, 0.4) is 0 Å². The van der Waals surface area contributed by atoms with Crippen LogP contribution in [0.1, 0.15) is 38.2 Å². The van der Waals surface area contributed by atoms with E-state index < -0.39 is 10.1 Å². The highest BCUT2D eigenvalue weighted by molar-refractivity contribution is 7.86. The summed E-state index contributed by atoms with van der Waals surface area (Å²) in [5.41, 5.74) is 0.995. The first-order valence-corrected chi connectivity index (χ1v) is 9.74. The van der Waals surface area contributed by atoms with Crippen molar-refractivity contribution in [3.05, 3.63) is 29.8 Å². The molecule has 134 valence electrons. The number of rotatable bonds is 7. The number of aryl methyl sites for hydroxylation is 1. The van der Waals surface area contributed by atoms with Gasteiger partial charge < -0.3 is 9.64 Å². The maximum absolute atomic E-state index is 12.1. The Balaban J connectivity index is 1.79. The largest absolute Gasteiger partial charge is 0.450 e. The summed E-state index contributed by atoms with van der Waals surface area (Å²) in [4.78, 5) is 13.7. The molecule has 0 aromatic heterocycles. The molecule has 1 aliphatic rings. The molecule has 1 aromatic carbocycles. The van der Waals surface area contributed by atoms with Gasteiger partial charge in [0, 0.05) is 12.6 Å². The van der Waals surface area contributed by atoms with E-state index in [4.69, 9.17) is 8.92 Å². The van der Waals surface area contributed by atoms with Gasteiger partial charge in [-0.05, 0) is 51.7 Å². The van der Waals surface area contributed by atoms with Gasteiger partial charge in [0.2, 0.25) is 0 Å². The van der Waals surface area contributed by atoms with Crippen molar-refractivity contribution in [2.45, 2.75) is 50.5 Å². The Morgan fingerprint density at radius 3 is 2.67 bits per heavy atom. The maximum atomic E-state index is 12.1. The van der Waals surface area contributed by atoms with Gasteiger partial charge in [0.15, 0.2) is 0 Å². The van der Waals surface area contributed by atoms with Crippen molar-refractivity contribution in [3.8, 4) is 0 Å². The molecule has 7 heteroatoms. The van der Waals surface area contributed by atoms with E-state index in [0.29, 0.717) is 26.0 Å². The number of ether oxygens (including phenoxy) is 1. The Hall–Kier alpha value is -1.60. The number of benzene rings is 1. The molecule has 0 saturated carbocycles. The van der Waals surface area contributed by atoms with Gasteiger partial charge in [-0.2, -0.15) is 8.42 Å². The van der Waals surface area contributed by atoms with Gasteiger partial charge in [-0.1, -0.05) is 17.7 Å². The number of nitrogens with zero attached hydrogens (tertiary/aromatic N) is 1. The summed E-state index contributed by atoms with van der Waals surface area (Å²) in [5.74, 6) is 0. The highest BCUT2D eigenvalue weighted by Gasteiger charge is 2.29. The average Bonchev–Trinajstić information content (AvgIpc) is 3.01. The molecule has 0 N–H and O–H groups in total. The van der Waals surface area contributed by atoms with Gasteiger partial charge in [-0.3, -0.25) is 4.18 Å². The van der Waals surface area contributed by atoms with Crippen LogP contribution in [0.2, 0.25) is 0 Å². The second-order valence-electron chi connectivity index (χ2n) is 5.92. The Kier molecular flexibility index (Phi) is 6.62. The predicted molar refractivity (Wildman–Crippen MR) is 90.3 cm³/mol. The van der Waals surface area contributed by atoms with Crippen molar-refractivity contribution >= 4 is 16.2 Å².